The molecule has 3 nitrogen and oxygen atoms in total. The summed E-state index contributed by atoms with van der Waals surface area (Å²) in [6.07, 6.45) is 3.72. The van der Waals surface area contributed by atoms with E-state index in [1.165, 1.54) is 32.4 Å². The summed E-state index contributed by atoms with van der Waals surface area (Å²) in [5, 5.41) is 12.6. The van der Waals surface area contributed by atoms with E-state index in [4.69, 9.17) is 0 Å². The van der Waals surface area contributed by atoms with Gasteiger partial charge in [0, 0.05) is 18.6 Å². The van der Waals surface area contributed by atoms with Crippen LogP contribution in [0.25, 0.3) is 0 Å². The second kappa shape index (κ2) is 6.38. The molecule has 1 aliphatic rings. The number of hydrogen-bond acceptors (Lipinski definition) is 3. The van der Waals surface area contributed by atoms with E-state index in [-0.39, 0.29) is 12.6 Å². The number of nitrogens with zero attached hydrogens (tertiary/aromatic N) is 1. The summed E-state index contributed by atoms with van der Waals surface area (Å²) >= 11 is 0. The molecule has 2 atom stereocenters. The first kappa shape index (κ1) is 12.0. The third-order valence-electron chi connectivity index (χ3n) is 2.93. The number of rotatable bonds is 4. The van der Waals surface area contributed by atoms with E-state index < -0.39 is 0 Å². The summed E-state index contributed by atoms with van der Waals surface area (Å²) in [6, 6.07) is 0.808. The minimum Gasteiger partial charge on any atom is -0.395 e. The lowest BCUT2D eigenvalue weighted by molar-refractivity contribution is 0.197. The van der Waals surface area contributed by atoms with Crippen LogP contribution in [0.2, 0.25) is 0 Å². The zero-order valence-electron chi connectivity index (χ0n) is 9.50. The Hall–Kier alpha value is -0.120. The van der Waals surface area contributed by atoms with Gasteiger partial charge in [-0.05, 0) is 32.9 Å². The number of hydrogen-bond donors (Lipinski definition) is 2. The number of nitrogens with one attached hydrogen (secondary N) is 1. The van der Waals surface area contributed by atoms with Crippen molar-refractivity contribution in [3.05, 3.63) is 0 Å². The molecule has 1 aliphatic heterocycles. The van der Waals surface area contributed by atoms with Crippen molar-refractivity contribution >= 4 is 0 Å². The van der Waals surface area contributed by atoms with Gasteiger partial charge in [0.15, 0.2) is 0 Å². The largest absolute Gasteiger partial charge is 0.395 e. The molecule has 0 aliphatic carbocycles. The Kier molecular flexibility index (Phi) is 5.45. The molecule has 2 N–H and O–H groups in total. The molecule has 0 spiro atoms. The molecule has 1 heterocycles. The highest BCUT2D eigenvalue weighted by Gasteiger charge is 2.19. The fourth-order valence-corrected chi connectivity index (χ4v) is 2.01. The smallest absolute Gasteiger partial charge is 0.0597 e. The van der Waals surface area contributed by atoms with Crippen LogP contribution in [0.15, 0.2) is 0 Å². The first-order chi connectivity index (χ1) is 6.76. The van der Waals surface area contributed by atoms with Crippen LogP contribution in [0, 0.1) is 0 Å². The zero-order chi connectivity index (χ0) is 10.4. The molecule has 2 unspecified atom stereocenters. The maximum atomic E-state index is 9.19. The lowest BCUT2D eigenvalue weighted by Crippen LogP contribution is -2.42. The van der Waals surface area contributed by atoms with Crippen molar-refractivity contribution in [3.63, 3.8) is 0 Å². The Labute approximate surface area is 87.5 Å². The Morgan fingerprint density at radius 3 is 2.93 bits per heavy atom. The van der Waals surface area contributed by atoms with Crippen molar-refractivity contribution in [1.82, 2.24) is 10.2 Å². The molecule has 0 radical (unpaired) electrons. The van der Waals surface area contributed by atoms with Gasteiger partial charge < -0.3 is 15.3 Å². The maximum absolute atomic E-state index is 9.19. The minimum absolute atomic E-state index is 0.257. The number of aliphatic hydroxyl groups is 1. The predicted octanol–water partition coefficient (Wildman–Crippen LogP) is 0.831. The minimum atomic E-state index is 0.257. The summed E-state index contributed by atoms with van der Waals surface area (Å²) in [6.45, 7) is 8.04. The first-order valence-corrected chi connectivity index (χ1v) is 5.85. The van der Waals surface area contributed by atoms with Crippen molar-refractivity contribution in [2.75, 3.05) is 26.2 Å². The molecule has 1 fully saturated rings. The van der Waals surface area contributed by atoms with Gasteiger partial charge in [-0.2, -0.15) is 0 Å². The van der Waals surface area contributed by atoms with Gasteiger partial charge in [-0.1, -0.05) is 13.3 Å². The maximum Gasteiger partial charge on any atom is 0.0597 e. The van der Waals surface area contributed by atoms with Crippen molar-refractivity contribution < 1.29 is 5.11 Å². The molecule has 3 heteroatoms. The van der Waals surface area contributed by atoms with Gasteiger partial charge in [0.1, 0.15) is 0 Å². The highest BCUT2D eigenvalue weighted by molar-refractivity contribution is 4.79. The molecular weight excluding hydrogens is 176 g/mol. The van der Waals surface area contributed by atoms with Gasteiger partial charge in [0.05, 0.1) is 6.61 Å². The monoisotopic (exact) mass is 200 g/mol. The van der Waals surface area contributed by atoms with Crippen LogP contribution in [-0.4, -0.2) is 48.3 Å². The number of aliphatic hydroxyl groups excluding tert-OH is 1. The van der Waals surface area contributed by atoms with Crippen LogP contribution in [-0.2, 0) is 0 Å². The average molecular weight is 200 g/mol. The fourth-order valence-electron chi connectivity index (χ4n) is 2.01. The Morgan fingerprint density at radius 2 is 2.29 bits per heavy atom. The zero-order valence-corrected chi connectivity index (χ0v) is 9.50. The van der Waals surface area contributed by atoms with Gasteiger partial charge in [-0.3, -0.25) is 0 Å². The lowest BCUT2D eigenvalue weighted by atomic mass is 10.2. The molecule has 0 aromatic rings. The predicted molar refractivity (Wildman–Crippen MR) is 59.4 cm³/mol. The van der Waals surface area contributed by atoms with Crippen molar-refractivity contribution in [2.45, 2.75) is 45.2 Å². The molecule has 0 aromatic carbocycles. The third kappa shape index (κ3) is 3.95. The van der Waals surface area contributed by atoms with Gasteiger partial charge >= 0.3 is 0 Å². The van der Waals surface area contributed by atoms with E-state index >= 15 is 0 Å². The van der Waals surface area contributed by atoms with E-state index in [1.807, 2.05) is 0 Å². The van der Waals surface area contributed by atoms with Crippen LogP contribution >= 0.6 is 0 Å². The van der Waals surface area contributed by atoms with Crippen molar-refractivity contribution in [2.24, 2.45) is 0 Å². The second-order valence-electron chi connectivity index (χ2n) is 4.39. The summed E-state index contributed by atoms with van der Waals surface area (Å²) in [5.74, 6) is 0. The SMILES string of the molecule is CCCCN1CCC(C)NC(CO)C1. The van der Waals surface area contributed by atoms with Gasteiger partial charge in [0.2, 0.25) is 0 Å². The summed E-state index contributed by atoms with van der Waals surface area (Å²) in [5.41, 5.74) is 0. The lowest BCUT2D eigenvalue weighted by Gasteiger charge is -2.22. The van der Waals surface area contributed by atoms with Crippen LogP contribution in [0.3, 0.4) is 0 Å². The summed E-state index contributed by atoms with van der Waals surface area (Å²) < 4.78 is 0. The summed E-state index contributed by atoms with van der Waals surface area (Å²) in [7, 11) is 0. The summed E-state index contributed by atoms with van der Waals surface area (Å²) in [4.78, 5) is 2.47. The normalized spacial score (nSPS) is 30.2. The van der Waals surface area contributed by atoms with E-state index in [1.54, 1.807) is 0 Å². The molecule has 0 aromatic heterocycles. The molecule has 1 saturated heterocycles. The van der Waals surface area contributed by atoms with Crippen LogP contribution in [0.1, 0.15) is 33.1 Å². The topological polar surface area (TPSA) is 35.5 Å². The fraction of sp³-hybridized carbons (Fsp3) is 1.00. The first-order valence-electron chi connectivity index (χ1n) is 5.85. The van der Waals surface area contributed by atoms with Crippen LogP contribution in [0.4, 0.5) is 0 Å². The van der Waals surface area contributed by atoms with Gasteiger partial charge in [-0.15, -0.1) is 0 Å². The highest BCUT2D eigenvalue weighted by Crippen LogP contribution is 2.06. The van der Waals surface area contributed by atoms with E-state index in [0.717, 1.165) is 6.54 Å². The quantitative estimate of drug-likeness (QED) is 0.705. The average Bonchev–Trinajstić information content (AvgIpc) is 2.37. The number of unbranched alkanes of at least 4 members (excludes halogenated alkanes) is 1. The van der Waals surface area contributed by atoms with Gasteiger partial charge in [-0.25, -0.2) is 0 Å². The van der Waals surface area contributed by atoms with E-state index in [2.05, 4.69) is 24.1 Å². The van der Waals surface area contributed by atoms with Crippen LogP contribution < -0.4 is 5.32 Å². The standard InChI is InChI=1S/C11H24N2O/c1-3-4-6-13-7-5-10(2)12-11(8-13)9-14/h10-12,14H,3-9H2,1-2H3. The highest BCUT2D eigenvalue weighted by atomic mass is 16.3. The van der Waals surface area contributed by atoms with Gasteiger partial charge in [0.25, 0.3) is 0 Å². The molecule has 14 heavy (non-hydrogen) atoms. The Balaban J connectivity index is 2.36. The van der Waals surface area contributed by atoms with E-state index in [9.17, 15) is 5.11 Å². The Bertz CT molecular complexity index is 152. The molecule has 84 valence electrons. The Morgan fingerprint density at radius 1 is 1.50 bits per heavy atom. The second-order valence-corrected chi connectivity index (χ2v) is 4.39. The van der Waals surface area contributed by atoms with Crippen molar-refractivity contribution in [1.29, 1.82) is 0 Å². The third-order valence-corrected chi connectivity index (χ3v) is 2.93. The molecule has 0 saturated carbocycles. The molecule has 1 rings (SSSR count). The van der Waals surface area contributed by atoms with Crippen molar-refractivity contribution in [3.8, 4) is 0 Å². The molecular formula is C11H24N2O. The molecule has 0 bridgehead atoms. The van der Waals surface area contributed by atoms with E-state index in [0.29, 0.717) is 6.04 Å². The van der Waals surface area contributed by atoms with Crippen LogP contribution in [0.5, 0.6) is 0 Å². The molecule has 0 amide bonds.